The molecule has 1 heterocycles. The van der Waals surface area contributed by atoms with Gasteiger partial charge in [0.15, 0.2) is 0 Å². The van der Waals surface area contributed by atoms with Gasteiger partial charge >= 0.3 is 0 Å². The topological polar surface area (TPSA) is 62.2 Å². The molecular weight excluding hydrogens is 264 g/mol. The maximum Gasteiger partial charge on any atom is 0.270 e. The van der Waals surface area contributed by atoms with E-state index in [-0.39, 0.29) is 18.6 Å². The summed E-state index contributed by atoms with van der Waals surface area (Å²) >= 11 is 0. The number of hydrogen-bond donors (Lipinski definition) is 2. The van der Waals surface area contributed by atoms with E-state index in [0.29, 0.717) is 11.3 Å². The second kappa shape index (κ2) is 8.43. The Bertz CT molecular complexity index is 506. The summed E-state index contributed by atoms with van der Waals surface area (Å²) in [6.45, 7) is -0.177. The molecule has 0 spiro atoms. The zero-order valence-electron chi connectivity index (χ0n) is 12.3. The van der Waals surface area contributed by atoms with Crippen LogP contribution in [0.15, 0.2) is 18.3 Å². The molecule has 0 saturated heterocycles. The minimum atomic E-state index is -0.177. The van der Waals surface area contributed by atoms with Crippen LogP contribution in [0.5, 0.6) is 0 Å². The highest BCUT2D eigenvalue weighted by atomic mass is 16.2. The van der Waals surface area contributed by atoms with Crippen LogP contribution in [0.2, 0.25) is 0 Å². The summed E-state index contributed by atoms with van der Waals surface area (Å²) in [5.74, 6) is 5.21. The Morgan fingerprint density at radius 3 is 2.57 bits per heavy atom. The van der Waals surface area contributed by atoms with Crippen LogP contribution in [0.25, 0.3) is 0 Å². The summed E-state index contributed by atoms with van der Waals surface area (Å²) < 4.78 is 0. The molecule has 2 N–H and O–H groups in total. The number of aliphatic hydroxyl groups is 1. The molecule has 1 aromatic rings. The van der Waals surface area contributed by atoms with Gasteiger partial charge in [0.1, 0.15) is 12.3 Å². The first-order valence-electron chi connectivity index (χ1n) is 7.66. The van der Waals surface area contributed by atoms with Gasteiger partial charge in [0.2, 0.25) is 0 Å². The lowest BCUT2D eigenvalue weighted by Gasteiger charge is -2.20. The van der Waals surface area contributed by atoms with Crippen LogP contribution in [0.1, 0.15) is 61.0 Å². The molecule has 1 fully saturated rings. The number of pyridine rings is 1. The summed E-state index contributed by atoms with van der Waals surface area (Å²) in [6, 6.07) is 3.70. The molecule has 0 atom stereocenters. The molecular formula is C17H22N2O2. The molecule has 0 aliphatic heterocycles. The van der Waals surface area contributed by atoms with Crippen molar-refractivity contribution in [3.8, 4) is 11.8 Å². The summed E-state index contributed by atoms with van der Waals surface area (Å²) in [5, 5.41) is 11.7. The summed E-state index contributed by atoms with van der Waals surface area (Å²) in [5.41, 5.74) is 1.12. The molecule has 112 valence electrons. The number of carbonyl (C=O) groups is 1. The Labute approximate surface area is 126 Å². The van der Waals surface area contributed by atoms with Crippen molar-refractivity contribution in [2.45, 2.75) is 51.0 Å². The van der Waals surface area contributed by atoms with Gasteiger partial charge in [0.05, 0.1) is 0 Å². The van der Waals surface area contributed by atoms with Gasteiger partial charge in [-0.05, 0) is 25.0 Å². The standard InChI is InChI=1S/C17H22N2O2/c20-12-6-7-14-10-11-16(18-13-14)17(21)19-15-8-4-2-1-3-5-9-15/h10-11,13,15,20H,1-5,8-9,12H2,(H,19,21). The fraction of sp³-hybridized carbons (Fsp3) is 0.529. The Morgan fingerprint density at radius 1 is 1.24 bits per heavy atom. The van der Waals surface area contributed by atoms with Crippen molar-refractivity contribution < 1.29 is 9.90 Å². The van der Waals surface area contributed by atoms with E-state index in [2.05, 4.69) is 22.1 Å². The van der Waals surface area contributed by atoms with E-state index in [1.807, 2.05) is 0 Å². The van der Waals surface area contributed by atoms with Gasteiger partial charge < -0.3 is 10.4 Å². The molecule has 21 heavy (non-hydrogen) atoms. The molecule has 0 unspecified atom stereocenters. The maximum atomic E-state index is 12.2. The zero-order valence-corrected chi connectivity index (χ0v) is 12.3. The fourth-order valence-corrected chi connectivity index (χ4v) is 2.60. The van der Waals surface area contributed by atoms with Crippen LogP contribution in [0.4, 0.5) is 0 Å². The molecule has 4 nitrogen and oxygen atoms in total. The third-order valence-electron chi connectivity index (χ3n) is 3.75. The number of carbonyl (C=O) groups excluding carboxylic acids is 1. The summed E-state index contributed by atoms with van der Waals surface area (Å²) in [7, 11) is 0. The lowest BCUT2D eigenvalue weighted by atomic mass is 9.96. The Kier molecular flexibility index (Phi) is 6.23. The normalized spacial score (nSPS) is 16.2. The fourth-order valence-electron chi connectivity index (χ4n) is 2.60. The minimum Gasteiger partial charge on any atom is -0.384 e. The third kappa shape index (κ3) is 5.20. The number of nitrogens with zero attached hydrogens (tertiary/aromatic N) is 1. The first kappa shape index (κ1) is 15.5. The predicted octanol–water partition coefficient (Wildman–Crippen LogP) is 2.27. The van der Waals surface area contributed by atoms with Crippen molar-refractivity contribution in [1.82, 2.24) is 10.3 Å². The highest BCUT2D eigenvalue weighted by molar-refractivity contribution is 5.92. The van der Waals surface area contributed by atoms with Crippen molar-refractivity contribution in [2.75, 3.05) is 6.61 Å². The van der Waals surface area contributed by atoms with Crippen LogP contribution in [-0.2, 0) is 0 Å². The number of rotatable bonds is 2. The van der Waals surface area contributed by atoms with E-state index in [1.165, 1.54) is 32.1 Å². The van der Waals surface area contributed by atoms with E-state index in [1.54, 1.807) is 18.3 Å². The van der Waals surface area contributed by atoms with Crippen LogP contribution < -0.4 is 5.32 Å². The molecule has 1 amide bonds. The van der Waals surface area contributed by atoms with Gasteiger partial charge in [0, 0.05) is 17.8 Å². The molecule has 1 saturated carbocycles. The predicted molar refractivity (Wildman–Crippen MR) is 81.8 cm³/mol. The number of amides is 1. The van der Waals surface area contributed by atoms with Crippen molar-refractivity contribution >= 4 is 5.91 Å². The molecule has 0 aromatic carbocycles. The SMILES string of the molecule is O=C(NC1CCCCCCC1)c1ccc(C#CCO)cn1. The van der Waals surface area contributed by atoms with Crippen molar-refractivity contribution in [3.05, 3.63) is 29.6 Å². The summed E-state index contributed by atoms with van der Waals surface area (Å²) in [6.07, 6.45) is 9.92. The highest BCUT2D eigenvalue weighted by Gasteiger charge is 2.15. The second-order valence-electron chi connectivity index (χ2n) is 5.41. The molecule has 1 aliphatic rings. The van der Waals surface area contributed by atoms with Crippen LogP contribution >= 0.6 is 0 Å². The van der Waals surface area contributed by atoms with Crippen molar-refractivity contribution in [3.63, 3.8) is 0 Å². The van der Waals surface area contributed by atoms with Gasteiger partial charge in [0.25, 0.3) is 5.91 Å². The van der Waals surface area contributed by atoms with Crippen molar-refractivity contribution in [2.24, 2.45) is 0 Å². The highest BCUT2D eigenvalue weighted by Crippen LogP contribution is 2.17. The van der Waals surface area contributed by atoms with E-state index in [4.69, 9.17) is 5.11 Å². The number of nitrogens with one attached hydrogen (secondary N) is 1. The van der Waals surface area contributed by atoms with Gasteiger partial charge in [-0.1, -0.05) is 43.9 Å². The molecule has 0 bridgehead atoms. The average Bonchev–Trinajstić information content (AvgIpc) is 2.48. The quantitative estimate of drug-likeness (QED) is 0.820. The number of aromatic nitrogens is 1. The van der Waals surface area contributed by atoms with Gasteiger partial charge in [-0.2, -0.15) is 0 Å². The molecule has 1 aliphatic carbocycles. The van der Waals surface area contributed by atoms with E-state index < -0.39 is 0 Å². The Hall–Kier alpha value is -1.86. The molecule has 0 radical (unpaired) electrons. The minimum absolute atomic E-state index is 0.109. The largest absolute Gasteiger partial charge is 0.384 e. The van der Waals surface area contributed by atoms with Gasteiger partial charge in [-0.3, -0.25) is 4.79 Å². The first-order valence-corrected chi connectivity index (χ1v) is 7.66. The molecule has 1 aromatic heterocycles. The number of aliphatic hydroxyl groups excluding tert-OH is 1. The zero-order chi connectivity index (χ0) is 14.9. The Morgan fingerprint density at radius 2 is 1.95 bits per heavy atom. The first-order chi connectivity index (χ1) is 10.3. The Balaban J connectivity index is 1.92. The lowest BCUT2D eigenvalue weighted by molar-refractivity contribution is 0.0925. The molecule has 2 rings (SSSR count). The third-order valence-corrected chi connectivity index (χ3v) is 3.75. The van der Waals surface area contributed by atoms with Gasteiger partial charge in [-0.25, -0.2) is 4.98 Å². The van der Waals surface area contributed by atoms with E-state index >= 15 is 0 Å². The summed E-state index contributed by atoms with van der Waals surface area (Å²) in [4.78, 5) is 16.3. The van der Waals surface area contributed by atoms with Gasteiger partial charge in [-0.15, -0.1) is 0 Å². The van der Waals surface area contributed by atoms with Crippen LogP contribution in [0, 0.1) is 11.8 Å². The van der Waals surface area contributed by atoms with E-state index in [9.17, 15) is 4.79 Å². The molecule has 4 heteroatoms. The van der Waals surface area contributed by atoms with Crippen molar-refractivity contribution in [1.29, 1.82) is 0 Å². The number of hydrogen-bond acceptors (Lipinski definition) is 3. The maximum absolute atomic E-state index is 12.2. The van der Waals surface area contributed by atoms with Crippen LogP contribution in [0.3, 0.4) is 0 Å². The smallest absolute Gasteiger partial charge is 0.270 e. The monoisotopic (exact) mass is 286 g/mol. The second-order valence-corrected chi connectivity index (χ2v) is 5.41. The average molecular weight is 286 g/mol. The van der Waals surface area contributed by atoms with Crippen LogP contribution in [-0.4, -0.2) is 28.6 Å². The van der Waals surface area contributed by atoms with E-state index in [0.717, 1.165) is 12.8 Å². The lowest BCUT2D eigenvalue weighted by Crippen LogP contribution is -2.35.